The Morgan fingerprint density at radius 1 is 1.13 bits per heavy atom. The van der Waals surface area contributed by atoms with Crippen LogP contribution in [0.4, 0.5) is 27.6 Å². The molecule has 2 heterocycles. The van der Waals surface area contributed by atoms with Crippen LogP contribution in [0.2, 0.25) is 0 Å². The van der Waals surface area contributed by atoms with E-state index in [1.54, 1.807) is 18.2 Å². The number of hydrogen-bond acceptors (Lipinski definition) is 5. The highest BCUT2D eigenvalue weighted by Crippen LogP contribution is 2.43. The summed E-state index contributed by atoms with van der Waals surface area (Å²) in [6.07, 6.45) is 0.404. The molecule has 0 spiro atoms. The summed E-state index contributed by atoms with van der Waals surface area (Å²) in [6, 6.07) is 6.59. The number of hydrogen-bond donors (Lipinski definition) is 2. The second-order valence-corrected chi connectivity index (χ2v) is 10.0. The highest BCUT2D eigenvalue weighted by atomic mass is 19.2. The van der Waals surface area contributed by atoms with Gasteiger partial charge in [-0.3, -0.25) is 9.78 Å². The molecule has 0 radical (unpaired) electrons. The highest BCUT2D eigenvalue weighted by Gasteiger charge is 2.37. The summed E-state index contributed by atoms with van der Waals surface area (Å²) in [4.78, 5) is 17.8. The Morgan fingerprint density at radius 3 is 2.46 bits per heavy atom. The number of nitrogens with zero attached hydrogens (tertiary/aromatic N) is 2. The predicted molar refractivity (Wildman–Crippen MR) is 137 cm³/mol. The number of benzene rings is 2. The van der Waals surface area contributed by atoms with Gasteiger partial charge in [-0.05, 0) is 62.4 Å². The average molecular weight is 552 g/mol. The third kappa shape index (κ3) is 6.76. The lowest BCUT2D eigenvalue weighted by Crippen LogP contribution is -2.43. The van der Waals surface area contributed by atoms with Crippen LogP contribution in [0, 0.1) is 28.7 Å². The standard InChI is InChI=1S/C28H30F5N3O3/c1-39-18-2-3-24-19(14-18)26(23(32)16-35-24)20(29)4-5-28(15-25(37)38)6-9-36(10-7-28)11-8-34-17-12-21(30)27(33)22(31)13-17/h2-3,12-14,16,20,34H,4-11,15H2,1H3,(H,37,38). The van der Waals surface area contributed by atoms with Crippen LogP contribution in [0.3, 0.4) is 0 Å². The monoisotopic (exact) mass is 551 g/mol. The van der Waals surface area contributed by atoms with Crippen molar-refractivity contribution in [3.05, 3.63) is 65.4 Å². The number of pyridine rings is 1. The van der Waals surface area contributed by atoms with E-state index < -0.39 is 40.8 Å². The molecule has 1 aliphatic heterocycles. The molecule has 3 aromatic rings. The lowest BCUT2D eigenvalue weighted by atomic mass is 9.71. The van der Waals surface area contributed by atoms with Crippen LogP contribution in [0.15, 0.2) is 36.5 Å². The van der Waals surface area contributed by atoms with Crippen molar-refractivity contribution in [3.63, 3.8) is 0 Å². The molecule has 0 saturated carbocycles. The molecule has 11 heteroatoms. The summed E-state index contributed by atoms with van der Waals surface area (Å²) in [7, 11) is 1.46. The van der Waals surface area contributed by atoms with Gasteiger partial charge < -0.3 is 20.1 Å². The summed E-state index contributed by atoms with van der Waals surface area (Å²) >= 11 is 0. The minimum atomic E-state index is -1.66. The number of rotatable bonds is 11. The lowest BCUT2D eigenvalue weighted by molar-refractivity contribution is -0.141. The van der Waals surface area contributed by atoms with Gasteiger partial charge in [-0.25, -0.2) is 22.0 Å². The first-order valence-corrected chi connectivity index (χ1v) is 12.7. The molecule has 2 aromatic carbocycles. The van der Waals surface area contributed by atoms with Gasteiger partial charge >= 0.3 is 5.97 Å². The van der Waals surface area contributed by atoms with Gasteiger partial charge in [0.25, 0.3) is 0 Å². The summed E-state index contributed by atoms with van der Waals surface area (Å²) in [6.45, 7) is 1.93. The maximum atomic E-state index is 15.6. The number of anilines is 1. The topological polar surface area (TPSA) is 74.7 Å². The molecule has 39 heavy (non-hydrogen) atoms. The van der Waals surface area contributed by atoms with Gasteiger partial charge in [0.05, 0.1) is 25.2 Å². The Labute approximate surface area is 222 Å². The number of likely N-dealkylation sites (tertiary alicyclic amines) is 1. The number of carboxylic acids is 1. The van der Waals surface area contributed by atoms with Crippen molar-refractivity contribution in [1.82, 2.24) is 9.88 Å². The van der Waals surface area contributed by atoms with Crippen molar-refractivity contribution < 1.29 is 36.6 Å². The number of alkyl halides is 1. The highest BCUT2D eigenvalue weighted by molar-refractivity contribution is 5.84. The number of piperidine rings is 1. The number of ether oxygens (including phenoxy) is 1. The number of carboxylic acid groups (broad SMARTS) is 1. The summed E-state index contributed by atoms with van der Waals surface area (Å²) in [5.74, 6) is -5.38. The zero-order valence-corrected chi connectivity index (χ0v) is 21.5. The van der Waals surface area contributed by atoms with E-state index in [4.69, 9.17) is 4.74 Å². The van der Waals surface area contributed by atoms with Crippen molar-refractivity contribution in [1.29, 1.82) is 0 Å². The molecule has 0 amide bonds. The molecule has 0 aliphatic carbocycles. The Kier molecular flexibility index (Phi) is 8.89. The SMILES string of the molecule is COc1ccc2ncc(F)c(C(F)CCC3(CC(=O)O)CCN(CCNc4cc(F)c(F)c(F)c4)CC3)c2c1. The third-order valence-corrected chi connectivity index (χ3v) is 7.49. The number of aromatic nitrogens is 1. The van der Waals surface area contributed by atoms with E-state index in [2.05, 4.69) is 15.2 Å². The fourth-order valence-electron chi connectivity index (χ4n) is 5.29. The second kappa shape index (κ2) is 12.1. The number of carbonyl (C=O) groups is 1. The van der Waals surface area contributed by atoms with Crippen LogP contribution in [0.5, 0.6) is 5.75 Å². The van der Waals surface area contributed by atoms with Crippen molar-refractivity contribution in [2.24, 2.45) is 5.41 Å². The fourth-order valence-corrected chi connectivity index (χ4v) is 5.29. The van der Waals surface area contributed by atoms with Gasteiger partial charge in [0.15, 0.2) is 17.5 Å². The molecule has 2 N–H and O–H groups in total. The van der Waals surface area contributed by atoms with E-state index in [1.807, 2.05) is 0 Å². The fraction of sp³-hybridized carbons (Fsp3) is 0.429. The van der Waals surface area contributed by atoms with Crippen LogP contribution in [0.1, 0.15) is 43.8 Å². The van der Waals surface area contributed by atoms with Crippen LogP contribution in [0.25, 0.3) is 10.9 Å². The molecule has 1 saturated heterocycles. The van der Waals surface area contributed by atoms with Crippen molar-refractivity contribution in [2.75, 3.05) is 38.6 Å². The van der Waals surface area contributed by atoms with E-state index in [0.717, 1.165) is 18.3 Å². The first-order chi connectivity index (χ1) is 18.6. The maximum Gasteiger partial charge on any atom is 0.303 e. The number of aliphatic carboxylic acids is 1. The number of halogens is 5. The molecule has 1 unspecified atom stereocenters. The molecule has 1 atom stereocenters. The maximum absolute atomic E-state index is 15.6. The first-order valence-electron chi connectivity index (χ1n) is 12.7. The van der Waals surface area contributed by atoms with E-state index >= 15 is 4.39 Å². The normalized spacial score (nSPS) is 16.3. The Balaban J connectivity index is 1.38. The van der Waals surface area contributed by atoms with E-state index in [-0.39, 0.29) is 30.5 Å². The summed E-state index contributed by atoms with van der Waals surface area (Å²) in [5.41, 5.74) is -0.212. The molecular weight excluding hydrogens is 521 g/mol. The first kappa shape index (κ1) is 28.5. The molecule has 1 fully saturated rings. The zero-order valence-electron chi connectivity index (χ0n) is 21.5. The number of nitrogens with one attached hydrogen (secondary N) is 1. The van der Waals surface area contributed by atoms with Crippen LogP contribution in [-0.2, 0) is 4.79 Å². The largest absolute Gasteiger partial charge is 0.497 e. The smallest absolute Gasteiger partial charge is 0.303 e. The average Bonchev–Trinajstić information content (AvgIpc) is 2.90. The zero-order chi connectivity index (χ0) is 28.2. The van der Waals surface area contributed by atoms with Crippen molar-refractivity contribution in [3.8, 4) is 5.75 Å². The predicted octanol–water partition coefficient (Wildman–Crippen LogP) is 6.26. The number of fused-ring (bicyclic) bond motifs is 1. The molecule has 0 bridgehead atoms. The number of methoxy groups -OCH3 is 1. The molecule has 210 valence electrons. The third-order valence-electron chi connectivity index (χ3n) is 7.49. The molecule has 4 rings (SSSR count). The minimum Gasteiger partial charge on any atom is -0.497 e. The summed E-state index contributed by atoms with van der Waals surface area (Å²) < 4.78 is 75.4. The Bertz CT molecular complexity index is 1310. The summed E-state index contributed by atoms with van der Waals surface area (Å²) in [5, 5.41) is 12.7. The van der Waals surface area contributed by atoms with Crippen LogP contribution >= 0.6 is 0 Å². The van der Waals surface area contributed by atoms with Gasteiger partial charge in [0.1, 0.15) is 17.7 Å². The van der Waals surface area contributed by atoms with Gasteiger partial charge in [-0.15, -0.1) is 0 Å². The van der Waals surface area contributed by atoms with Gasteiger partial charge in [-0.2, -0.15) is 0 Å². The van der Waals surface area contributed by atoms with Gasteiger partial charge in [0, 0.05) is 41.9 Å². The van der Waals surface area contributed by atoms with Gasteiger partial charge in [0.2, 0.25) is 0 Å². The quantitative estimate of drug-likeness (QED) is 0.217. The second-order valence-electron chi connectivity index (χ2n) is 10.0. The van der Waals surface area contributed by atoms with E-state index in [9.17, 15) is 27.5 Å². The lowest BCUT2D eigenvalue weighted by Gasteiger charge is -2.41. The van der Waals surface area contributed by atoms with Gasteiger partial charge in [-0.1, -0.05) is 0 Å². The molecule has 1 aliphatic rings. The van der Waals surface area contributed by atoms with Crippen LogP contribution in [-0.4, -0.2) is 54.2 Å². The Hall–Kier alpha value is -3.47. The van der Waals surface area contributed by atoms with Crippen molar-refractivity contribution >= 4 is 22.6 Å². The van der Waals surface area contributed by atoms with E-state index in [0.29, 0.717) is 55.7 Å². The van der Waals surface area contributed by atoms with Crippen LogP contribution < -0.4 is 10.1 Å². The molecular formula is C28H30F5N3O3. The van der Waals surface area contributed by atoms with Crippen molar-refractivity contribution in [2.45, 2.75) is 38.3 Å². The van der Waals surface area contributed by atoms with E-state index in [1.165, 1.54) is 7.11 Å². The molecule has 1 aromatic heterocycles. The Morgan fingerprint density at radius 2 is 1.82 bits per heavy atom. The molecule has 6 nitrogen and oxygen atoms in total. The minimum absolute atomic E-state index is 0.0518.